The molecule has 1 aromatic carbocycles. The van der Waals surface area contributed by atoms with Crippen molar-refractivity contribution in [2.75, 3.05) is 38.2 Å². The molecule has 0 unspecified atom stereocenters. The molecule has 1 spiro atoms. The molecule has 2 aliphatic heterocycles. The van der Waals surface area contributed by atoms with Crippen molar-refractivity contribution in [3.8, 4) is 17.0 Å². The summed E-state index contributed by atoms with van der Waals surface area (Å²) in [5.74, 6) is 0.572. The van der Waals surface area contributed by atoms with Crippen LogP contribution in [-0.2, 0) is 0 Å². The number of likely N-dealkylation sites (tertiary alicyclic amines) is 1. The van der Waals surface area contributed by atoms with E-state index in [0.717, 1.165) is 59.6 Å². The summed E-state index contributed by atoms with van der Waals surface area (Å²) in [6.07, 6.45) is 3.80. The number of pyridine rings is 2. The first-order chi connectivity index (χ1) is 16.5. The largest absolute Gasteiger partial charge is 0.481 e. The van der Waals surface area contributed by atoms with Gasteiger partial charge >= 0.3 is 0 Å². The maximum Gasteiger partial charge on any atom is 0.274 e. The minimum Gasteiger partial charge on any atom is -0.481 e. The highest BCUT2D eigenvalue weighted by Gasteiger charge is 2.53. The summed E-state index contributed by atoms with van der Waals surface area (Å²) in [5, 5.41) is 9.09. The van der Waals surface area contributed by atoms with Crippen molar-refractivity contribution in [1.82, 2.24) is 25.1 Å². The normalized spacial score (nSPS) is 16.3. The van der Waals surface area contributed by atoms with Crippen LogP contribution in [-0.4, -0.2) is 64.3 Å². The number of hydrogen-bond donors (Lipinski definition) is 0. The van der Waals surface area contributed by atoms with Crippen molar-refractivity contribution in [1.29, 1.82) is 0 Å². The molecule has 170 valence electrons. The van der Waals surface area contributed by atoms with Crippen LogP contribution in [0.5, 0.6) is 5.88 Å². The first-order valence-corrected chi connectivity index (χ1v) is 11.3. The number of aryl methyl sites for hydroxylation is 1. The fraction of sp³-hybridized carbons (Fsp3) is 0.269. The second-order valence-corrected chi connectivity index (χ2v) is 9.27. The summed E-state index contributed by atoms with van der Waals surface area (Å²) in [6, 6.07) is 15.9. The lowest BCUT2D eigenvalue weighted by Crippen LogP contribution is -2.73. The van der Waals surface area contributed by atoms with Crippen LogP contribution in [0, 0.1) is 12.3 Å². The molecule has 3 aromatic heterocycles. The smallest absolute Gasteiger partial charge is 0.274 e. The van der Waals surface area contributed by atoms with Gasteiger partial charge in [0.15, 0.2) is 5.69 Å². The molecular formula is C26H24N6O2. The van der Waals surface area contributed by atoms with Crippen LogP contribution in [0.4, 0.5) is 5.69 Å². The number of aromatic nitrogens is 4. The van der Waals surface area contributed by atoms with Crippen LogP contribution in [0.15, 0.2) is 60.9 Å². The van der Waals surface area contributed by atoms with Crippen molar-refractivity contribution in [2.24, 2.45) is 5.41 Å². The number of amides is 1. The van der Waals surface area contributed by atoms with Crippen LogP contribution in [0.1, 0.15) is 16.2 Å². The zero-order chi connectivity index (χ0) is 23.3. The molecule has 0 atom stereocenters. The van der Waals surface area contributed by atoms with Crippen LogP contribution < -0.4 is 9.64 Å². The molecule has 0 radical (unpaired) electrons. The zero-order valence-electron chi connectivity index (χ0n) is 19.1. The summed E-state index contributed by atoms with van der Waals surface area (Å²) in [5.41, 5.74) is 5.56. The average Bonchev–Trinajstić information content (AvgIpc) is 2.82. The molecule has 2 aliphatic rings. The van der Waals surface area contributed by atoms with Gasteiger partial charge in [-0.05, 0) is 48.9 Å². The van der Waals surface area contributed by atoms with Crippen LogP contribution >= 0.6 is 0 Å². The number of hydrogen-bond acceptors (Lipinski definition) is 7. The van der Waals surface area contributed by atoms with Gasteiger partial charge in [0.2, 0.25) is 5.88 Å². The molecule has 0 saturated carbocycles. The highest BCUT2D eigenvalue weighted by atomic mass is 16.5. The van der Waals surface area contributed by atoms with Crippen LogP contribution in [0.25, 0.3) is 22.0 Å². The summed E-state index contributed by atoms with van der Waals surface area (Å²) >= 11 is 0. The van der Waals surface area contributed by atoms with Gasteiger partial charge in [-0.1, -0.05) is 6.07 Å². The number of nitrogens with zero attached hydrogens (tertiary/aromatic N) is 6. The SMILES string of the molecule is COc1ccc2cc(-c3cncc(N4CC5(CN(C(=O)c6ccc(C)nn6)C5)C4)c3)ccc2n1. The van der Waals surface area contributed by atoms with Gasteiger partial charge in [-0.25, -0.2) is 4.98 Å². The van der Waals surface area contributed by atoms with Gasteiger partial charge < -0.3 is 14.5 Å². The van der Waals surface area contributed by atoms with E-state index in [-0.39, 0.29) is 11.3 Å². The maximum absolute atomic E-state index is 12.6. The maximum atomic E-state index is 12.6. The monoisotopic (exact) mass is 452 g/mol. The molecule has 34 heavy (non-hydrogen) atoms. The second kappa shape index (κ2) is 7.76. The molecule has 5 heterocycles. The third-order valence-electron chi connectivity index (χ3n) is 6.70. The topological polar surface area (TPSA) is 84.3 Å². The van der Waals surface area contributed by atoms with Crippen molar-refractivity contribution in [2.45, 2.75) is 6.92 Å². The molecule has 2 fully saturated rings. The van der Waals surface area contributed by atoms with E-state index < -0.39 is 0 Å². The number of carbonyl (C=O) groups is 1. The van der Waals surface area contributed by atoms with Gasteiger partial charge in [0.05, 0.1) is 30.2 Å². The van der Waals surface area contributed by atoms with Gasteiger partial charge in [0, 0.05) is 54.8 Å². The minimum absolute atomic E-state index is 0.0383. The summed E-state index contributed by atoms with van der Waals surface area (Å²) in [6.45, 7) is 5.21. The first kappa shape index (κ1) is 20.5. The van der Waals surface area contributed by atoms with Crippen molar-refractivity contribution < 1.29 is 9.53 Å². The Hall–Kier alpha value is -4.07. The molecule has 0 bridgehead atoms. The highest BCUT2D eigenvalue weighted by molar-refractivity contribution is 5.93. The van der Waals surface area contributed by atoms with Gasteiger partial charge in [-0.3, -0.25) is 9.78 Å². The number of fused-ring (bicyclic) bond motifs is 1. The first-order valence-electron chi connectivity index (χ1n) is 11.3. The third kappa shape index (κ3) is 3.51. The minimum atomic E-state index is -0.0383. The Morgan fingerprint density at radius 1 is 0.941 bits per heavy atom. The summed E-state index contributed by atoms with van der Waals surface area (Å²) in [4.78, 5) is 25.8. The van der Waals surface area contributed by atoms with E-state index in [1.165, 1.54) is 0 Å². The van der Waals surface area contributed by atoms with Gasteiger partial charge in [-0.15, -0.1) is 5.10 Å². The Morgan fingerprint density at radius 3 is 2.56 bits per heavy atom. The van der Waals surface area contributed by atoms with Crippen molar-refractivity contribution in [3.05, 3.63) is 72.3 Å². The Kier molecular flexibility index (Phi) is 4.69. The predicted molar refractivity (Wildman–Crippen MR) is 129 cm³/mol. The fourth-order valence-corrected chi connectivity index (χ4v) is 4.89. The van der Waals surface area contributed by atoms with E-state index in [9.17, 15) is 4.79 Å². The molecule has 0 N–H and O–H groups in total. The van der Waals surface area contributed by atoms with Gasteiger partial charge in [-0.2, -0.15) is 5.10 Å². The molecule has 8 heteroatoms. The van der Waals surface area contributed by atoms with E-state index >= 15 is 0 Å². The van der Waals surface area contributed by atoms with E-state index in [2.05, 4.69) is 43.3 Å². The molecular weight excluding hydrogens is 428 g/mol. The molecule has 8 nitrogen and oxygen atoms in total. The molecule has 1 amide bonds. The molecule has 4 aromatic rings. The standard InChI is InChI=1S/C26H24N6O2/c1-17-3-6-23(30-29-17)25(33)32-15-26(16-32)13-31(14-26)21-10-20(11-27-12-21)18-4-7-22-19(9-18)5-8-24(28-22)34-2/h3-12H,13-16H2,1-2H3. The Balaban J connectivity index is 1.13. The van der Waals surface area contributed by atoms with Gasteiger partial charge in [0.25, 0.3) is 5.91 Å². The Labute approximate surface area is 197 Å². The number of ether oxygens (including phenoxy) is 1. The Morgan fingerprint density at radius 2 is 1.79 bits per heavy atom. The number of carbonyl (C=O) groups excluding carboxylic acids is 1. The summed E-state index contributed by atoms with van der Waals surface area (Å²) < 4.78 is 5.22. The van der Waals surface area contributed by atoms with Crippen LogP contribution in [0.3, 0.4) is 0 Å². The number of anilines is 1. The Bertz CT molecular complexity index is 1390. The fourth-order valence-electron chi connectivity index (χ4n) is 4.89. The number of methoxy groups -OCH3 is 1. The zero-order valence-corrected chi connectivity index (χ0v) is 19.1. The third-order valence-corrected chi connectivity index (χ3v) is 6.70. The number of benzene rings is 1. The van der Waals surface area contributed by atoms with E-state index in [1.54, 1.807) is 13.2 Å². The van der Waals surface area contributed by atoms with Crippen molar-refractivity contribution in [3.63, 3.8) is 0 Å². The molecule has 6 rings (SSSR count). The highest BCUT2D eigenvalue weighted by Crippen LogP contribution is 2.42. The average molecular weight is 453 g/mol. The van der Waals surface area contributed by atoms with E-state index in [0.29, 0.717) is 11.6 Å². The lowest BCUT2D eigenvalue weighted by molar-refractivity contribution is -0.0109. The number of rotatable bonds is 4. The van der Waals surface area contributed by atoms with E-state index in [1.807, 2.05) is 48.5 Å². The predicted octanol–water partition coefficient (Wildman–Crippen LogP) is 3.37. The lowest BCUT2D eigenvalue weighted by Gasteiger charge is -2.60. The van der Waals surface area contributed by atoms with E-state index in [4.69, 9.17) is 4.74 Å². The van der Waals surface area contributed by atoms with Crippen molar-refractivity contribution >= 4 is 22.5 Å². The lowest BCUT2D eigenvalue weighted by atomic mass is 9.72. The summed E-state index contributed by atoms with van der Waals surface area (Å²) in [7, 11) is 1.62. The molecule has 0 aliphatic carbocycles. The molecule has 2 saturated heterocycles. The quantitative estimate of drug-likeness (QED) is 0.469. The second-order valence-electron chi connectivity index (χ2n) is 9.27. The van der Waals surface area contributed by atoms with Gasteiger partial charge in [0.1, 0.15) is 0 Å². The van der Waals surface area contributed by atoms with Crippen LogP contribution in [0.2, 0.25) is 0 Å².